The number of esters is 1. The Balaban J connectivity index is 2.26. The maximum absolute atomic E-state index is 13.1. The Morgan fingerprint density at radius 2 is 1.95 bits per heavy atom. The Morgan fingerprint density at radius 3 is 2.50 bits per heavy atom. The number of hydrogen-bond acceptors (Lipinski definition) is 5. The van der Waals surface area contributed by atoms with Crippen molar-refractivity contribution in [1.29, 1.82) is 0 Å². The van der Waals surface area contributed by atoms with Crippen LogP contribution in [0.4, 0.5) is 14.6 Å². The van der Waals surface area contributed by atoms with E-state index in [0.717, 1.165) is 6.07 Å². The van der Waals surface area contributed by atoms with Gasteiger partial charge in [0.2, 0.25) is 0 Å². The zero-order valence-corrected chi connectivity index (χ0v) is 10.6. The highest BCUT2D eigenvalue weighted by Crippen LogP contribution is 2.14. The SMILES string of the molecule is COC(=O)c1cnc(Cc2cc(F)cc(F)c2)nc1N. The first-order valence-electron chi connectivity index (χ1n) is 5.64. The minimum atomic E-state index is -0.681. The highest BCUT2D eigenvalue weighted by atomic mass is 19.1. The van der Waals surface area contributed by atoms with Gasteiger partial charge < -0.3 is 10.5 Å². The van der Waals surface area contributed by atoms with Gasteiger partial charge >= 0.3 is 5.97 Å². The molecule has 2 rings (SSSR count). The van der Waals surface area contributed by atoms with Gasteiger partial charge in [-0.05, 0) is 17.7 Å². The summed E-state index contributed by atoms with van der Waals surface area (Å²) in [6.07, 6.45) is 1.32. The molecule has 0 atom stereocenters. The predicted octanol–water partition coefficient (Wildman–Crippen LogP) is 1.71. The first kappa shape index (κ1) is 13.9. The third-order valence-corrected chi connectivity index (χ3v) is 2.56. The van der Waals surface area contributed by atoms with Crippen LogP contribution in [0.5, 0.6) is 0 Å². The van der Waals surface area contributed by atoms with Crippen molar-refractivity contribution in [3.63, 3.8) is 0 Å². The lowest BCUT2D eigenvalue weighted by molar-refractivity contribution is 0.0601. The molecule has 0 unspecified atom stereocenters. The molecule has 0 aliphatic carbocycles. The average molecular weight is 279 g/mol. The van der Waals surface area contributed by atoms with E-state index < -0.39 is 17.6 Å². The monoisotopic (exact) mass is 279 g/mol. The van der Waals surface area contributed by atoms with Crippen molar-refractivity contribution in [3.8, 4) is 0 Å². The van der Waals surface area contributed by atoms with Crippen LogP contribution in [-0.4, -0.2) is 23.0 Å². The van der Waals surface area contributed by atoms with E-state index in [0.29, 0.717) is 5.56 Å². The van der Waals surface area contributed by atoms with Gasteiger partial charge in [0, 0.05) is 18.7 Å². The summed E-state index contributed by atoms with van der Waals surface area (Å²) in [5.41, 5.74) is 6.02. The van der Waals surface area contributed by atoms with E-state index in [1.807, 2.05) is 0 Å². The Labute approximate surface area is 113 Å². The van der Waals surface area contributed by atoms with Crippen molar-refractivity contribution in [1.82, 2.24) is 9.97 Å². The van der Waals surface area contributed by atoms with Crippen molar-refractivity contribution in [2.24, 2.45) is 0 Å². The van der Waals surface area contributed by atoms with E-state index in [1.165, 1.54) is 25.4 Å². The summed E-state index contributed by atoms with van der Waals surface area (Å²) >= 11 is 0. The number of nitrogen functional groups attached to an aromatic ring is 1. The number of halogens is 2. The molecule has 7 heteroatoms. The smallest absolute Gasteiger partial charge is 0.343 e. The van der Waals surface area contributed by atoms with Crippen LogP contribution in [0.15, 0.2) is 24.4 Å². The summed E-state index contributed by atoms with van der Waals surface area (Å²) in [7, 11) is 1.21. The van der Waals surface area contributed by atoms with E-state index in [2.05, 4.69) is 14.7 Å². The molecular formula is C13H11F2N3O2. The maximum atomic E-state index is 13.1. The topological polar surface area (TPSA) is 78.1 Å². The molecule has 5 nitrogen and oxygen atoms in total. The molecule has 0 amide bonds. The number of rotatable bonds is 3. The van der Waals surface area contributed by atoms with Crippen LogP contribution in [0.3, 0.4) is 0 Å². The maximum Gasteiger partial charge on any atom is 0.343 e. The molecule has 20 heavy (non-hydrogen) atoms. The first-order chi connectivity index (χ1) is 9.49. The van der Waals surface area contributed by atoms with Crippen LogP contribution in [0.2, 0.25) is 0 Å². The fraction of sp³-hybridized carbons (Fsp3) is 0.154. The van der Waals surface area contributed by atoms with Gasteiger partial charge in [-0.3, -0.25) is 0 Å². The van der Waals surface area contributed by atoms with E-state index in [-0.39, 0.29) is 23.6 Å². The fourth-order valence-electron chi connectivity index (χ4n) is 1.68. The summed E-state index contributed by atoms with van der Waals surface area (Å²) < 4.78 is 30.6. The molecule has 104 valence electrons. The zero-order chi connectivity index (χ0) is 14.7. The minimum Gasteiger partial charge on any atom is -0.465 e. The number of ether oxygens (including phenoxy) is 1. The molecular weight excluding hydrogens is 268 g/mol. The summed E-state index contributed by atoms with van der Waals surface area (Å²) in [6, 6.07) is 3.13. The molecule has 0 spiro atoms. The molecule has 0 aliphatic rings. The van der Waals surface area contributed by atoms with Gasteiger partial charge in [0.1, 0.15) is 28.8 Å². The third-order valence-electron chi connectivity index (χ3n) is 2.56. The van der Waals surface area contributed by atoms with Crippen molar-refractivity contribution < 1.29 is 18.3 Å². The van der Waals surface area contributed by atoms with Crippen LogP contribution in [0.25, 0.3) is 0 Å². The van der Waals surface area contributed by atoms with Gasteiger partial charge in [0.05, 0.1) is 7.11 Å². The van der Waals surface area contributed by atoms with Crippen LogP contribution in [0, 0.1) is 11.6 Å². The quantitative estimate of drug-likeness (QED) is 0.865. The number of anilines is 1. The number of methoxy groups -OCH3 is 1. The molecule has 1 aromatic carbocycles. The van der Waals surface area contributed by atoms with Crippen LogP contribution >= 0.6 is 0 Å². The van der Waals surface area contributed by atoms with Crippen molar-refractivity contribution in [2.45, 2.75) is 6.42 Å². The number of nitrogens with two attached hydrogens (primary N) is 1. The van der Waals surface area contributed by atoms with E-state index in [9.17, 15) is 13.6 Å². The number of aromatic nitrogens is 2. The molecule has 2 aromatic rings. The molecule has 0 bridgehead atoms. The Bertz CT molecular complexity index is 642. The summed E-state index contributed by atoms with van der Waals surface area (Å²) in [5.74, 6) is -1.80. The van der Waals surface area contributed by atoms with Crippen LogP contribution in [-0.2, 0) is 11.2 Å². The van der Waals surface area contributed by atoms with Crippen molar-refractivity contribution in [2.75, 3.05) is 12.8 Å². The summed E-state index contributed by atoms with van der Waals surface area (Å²) in [6.45, 7) is 0. The second kappa shape index (κ2) is 5.60. The minimum absolute atomic E-state index is 0.0428. The van der Waals surface area contributed by atoms with Crippen molar-refractivity contribution in [3.05, 3.63) is 53.0 Å². The molecule has 0 saturated carbocycles. The van der Waals surface area contributed by atoms with Gasteiger partial charge in [-0.2, -0.15) is 0 Å². The second-order valence-corrected chi connectivity index (χ2v) is 4.03. The number of nitrogens with zero attached hydrogens (tertiary/aromatic N) is 2. The average Bonchev–Trinajstić information content (AvgIpc) is 2.36. The molecule has 0 saturated heterocycles. The van der Waals surface area contributed by atoms with Crippen molar-refractivity contribution >= 4 is 11.8 Å². The van der Waals surface area contributed by atoms with Gasteiger partial charge in [-0.15, -0.1) is 0 Å². The Hall–Kier alpha value is -2.57. The van der Waals surface area contributed by atoms with E-state index >= 15 is 0 Å². The number of hydrogen-bond donors (Lipinski definition) is 1. The summed E-state index contributed by atoms with van der Waals surface area (Å²) in [4.78, 5) is 19.2. The molecule has 1 heterocycles. The predicted molar refractivity (Wildman–Crippen MR) is 66.9 cm³/mol. The number of carbonyl (C=O) groups is 1. The summed E-state index contributed by atoms with van der Waals surface area (Å²) in [5, 5.41) is 0. The Kier molecular flexibility index (Phi) is 3.88. The van der Waals surface area contributed by atoms with Gasteiger partial charge in [0.25, 0.3) is 0 Å². The molecule has 1 aromatic heterocycles. The van der Waals surface area contributed by atoms with E-state index in [1.54, 1.807) is 0 Å². The lowest BCUT2D eigenvalue weighted by Gasteiger charge is -2.05. The second-order valence-electron chi connectivity index (χ2n) is 4.03. The van der Waals surface area contributed by atoms with E-state index in [4.69, 9.17) is 5.73 Å². The van der Waals surface area contributed by atoms with Crippen LogP contribution < -0.4 is 5.73 Å². The van der Waals surface area contributed by atoms with Crippen LogP contribution in [0.1, 0.15) is 21.7 Å². The fourth-order valence-corrected chi connectivity index (χ4v) is 1.68. The standard InChI is InChI=1S/C13H11F2N3O2/c1-20-13(19)10-6-17-11(18-12(10)16)4-7-2-8(14)5-9(15)3-7/h2-3,5-6H,4H2,1H3,(H2,16,17,18). The highest BCUT2D eigenvalue weighted by Gasteiger charge is 2.13. The van der Waals surface area contributed by atoms with Gasteiger partial charge in [0.15, 0.2) is 0 Å². The zero-order valence-electron chi connectivity index (χ0n) is 10.6. The normalized spacial score (nSPS) is 10.3. The molecule has 0 fully saturated rings. The largest absolute Gasteiger partial charge is 0.465 e. The lowest BCUT2D eigenvalue weighted by atomic mass is 10.1. The third kappa shape index (κ3) is 3.05. The number of carbonyl (C=O) groups excluding carboxylic acids is 1. The lowest BCUT2D eigenvalue weighted by Crippen LogP contribution is -2.10. The molecule has 2 N–H and O–H groups in total. The number of benzene rings is 1. The Morgan fingerprint density at radius 1 is 1.30 bits per heavy atom. The molecule has 0 aliphatic heterocycles. The first-order valence-corrected chi connectivity index (χ1v) is 5.64. The van der Waals surface area contributed by atoms with Gasteiger partial charge in [-0.25, -0.2) is 23.5 Å². The van der Waals surface area contributed by atoms with Gasteiger partial charge in [-0.1, -0.05) is 0 Å². The highest BCUT2D eigenvalue weighted by molar-refractivity contribution is 5.93. The molecule has 0 radical (unpaired) electrons.